The van der Waals surface area contributed by atoms with Crippen molar-refractivity contribution in [1.82, 2.24) is 0 Å². The van der Waals surface area contributed by atoms with Crippen molar-refractivity contribution >= 4 is 37.7 Å². The van der Waals surface area contributed by atoms with E-state index in [1.807, 2.05) is 32.9 Å². The molecule has 0 bridgehead atoms. The summed E-state index contributed by atoms with van der Waals surface area (Å²) in [5, 5.41) is 12.3. The maximum atomic E-state index is 12.9. The minimum Gasteiger partial charge on any atom is -0.505 e. The van der Waals surface area contributed by atoms with Crippen LogP contribution in [0.15, 0.2) is 35.7 Å². The molecule has 0 saturated carbocycles. The molecule has 2 heterocycles. The Bertz CT molecular complexity index is 842. The van der Waals surface area contributed by atoms with Crippen molar-refractivity contribution in [2.24, 2.45) is 0 Å². The third kappa shape index (κ3) is 4.18. The summed E-state index contributed by atoms with van der Waals surface area (Å²) in [6.07, 6.45) is 0. The van der Waals surface area contributed by atoms with Crippen LogP contribution >= 0.6 is 11.3 Å². The van der Waals surface area contributed by atoms with Crippen LogP contribution in [-0.2, 0) is 42.7 Å². The molecular formula is C18H24NO3S2Y-. The van der Waals surface area contributed by atoms with Crippen LogP contribution in [-0.4, -0.2) is 20.1 Å². The Morgan fingerprint density at radius 1 is 1.16 bits per heavy atom. The van der Waals surface area contributed by atoms with Gasteiger partial charge in [-0.1, -0.05) is 38.1 Å². The molecule has 0 saturated heterocycles. The minimum absolute atomic E-state index is 0. The summed E-state index contributed by atoms with van der Waals surface area (Å²) in [5.74, 6) is -0.154. The summed E-state index contributed by atoms with van der Waals surface area (Å²) < 4.78 is 27.1. The zero-order valence-corrected chi connectivity index (χ0v) is 19.7. The number of hydrogen-bond donors (Lipinski definition) is 1. The van der Waals surface area contributed by atoms with E-state index in [0.29, 0.717) is 22.7 Å². The smallest absolute Gasteiger partial charge is 0.268 e. The molecule has 1 aromatic heterocycles. The number of aliphatic hydroxyl groups excluding tert-OH is 1. The molecule has 25 heavy (non-hydrogen) atoms. The van der Waals surface area contributed by atoms with Crippen LogP contribution in [0.3, 0.4) is 0 Å². The Kier molecular flexibility index (Phi) is 9.59. The van der Waals surface area contributed by atoms with Crippen LogP contribution in [0.5, 0.6) is 0 Å². The van der Waals surface area contributed by atoms with Gasteiger partial charge in [-0.25, -0.2) is 8.42 Å². The number of fused-ring (bicyclic) bond motifs is 1. The fraction of sp³-hybridized carbons (Fsp3) is 0.278. The maximum Gasteiger partial charge on any atom is 0.268 e. The van der Waals surface area contributed by atoms with Crippen LogP contribution < -0.4 is 4.31 Å². The monoisotopic (exact) mass is 455 g/mol. The minimum atomic E-state index is -3.75. The molecule has 1 radical (unpaired) electrons. The largest absolute Gasteiger partial charge is 0.505 e. The second-order valence-corrected chi connectivity index (χ2v) is 7.51. The number of hydrogen-bond acceptors (Lipinski definition) is 4. The van der Waals surface area contributed by atoms with Crippen molar-refractivity contribution in [3.05, 3.63) is 59.1 Å². The van der Waals surface area contributed by atoms with Gasteiger partial charge in [0.25, 0.3) is 10.0 Å². The normalized spacial score (nSPS) is 14.5. The van der Waals surface area contributed by atoms with Gasteiger partial charge in [0.1, 0.15) is 4.91 Å². The van der Waals surface area contributed by atoms with Gasteiger partial charge in [-0.15, -0.1) is 11.3 Å². The topological polar surface area (TPSA) is 57.6 Å². The van der Waals surface area contributed by atoms with Gasteiger partial charge in [0, 0.05) is 44.8 Å². The van der Waals surface area contributed by atoms with Crippen molar-refractivity contribution in [3.63, 3.8) is 0 Å². The summed E-state index contributed by atoms with van der Waals surface area (Å²) >= 11 is 1.34. The van der Waals surface area contributed by atoms with Gasteiger partial charge in [0.15, 0.2) is 5.76 Å². The first-order valence-electron chi connectivity index (χ1n) is 7.58. The van der Waals surface area contributed by atoms with E-state index in [-0.39, 0.29) is 50.8 Å². The zero-order chi connectivity index (χ0) is 17.2. The Morgan fingerprint density at radius 2 is 1.76 bits per heavy atom. The van der Waals surface area contributed by atoms with E-state index in [1.165, 1.54) is 15.6 Å². The average molecular weight is 455 g/mol. The van der Waals surface area contributed by atoms with Crippen LogP contribution in [0, 0.1) is 14.4 Å². The molecule has 2 aromatic rings. The molecule has 0 atom stereocenters. The first kappa shape index (κ1) is 24.3. The molecule has 1 aliphatic heterocycles. The molecule has 1 aliphatic rings. The predicted molar refractivity (Wildman–Crippen MR) is 105 cm³/mol. The molecule has 135 valence electrons. The van der Waals surface area contributed by atoms with Crippen LogP contribution in [0.4, 0.5) is 5.69 Å². The molecule has 0 unspecified atom stereocenters. The predicted octanol–water partition coefficient (Wildman–Crippen LogP) is 5.08. The van der Waals surface area contributed by atoms with Crippen LogP contribution in [0.25, 0.3) is 10.7 Å². The molecule has 3 rings (SSSR count). The van der Waals surface area contributed by atoms with Crippen molar-refractivity contribution in [3.8, 4) is 0 Å². The van der Waals surface area contributed by atoms with Gasteiger partial charge >= 0.3 is 0 Å². The number of aryl methyl sites for hydroxylation is 1. The van der Waals surface area contributed by atoms with E-state index in [0.717, 1.165) is 5.56 Å². The van der Waals surface area contributed by atoms with E-state index >= 15 is 0 Å². The van der Waals surface area contributed by atoms with E-state index in [9.17, 15) is 13.5 Å². The Morgan fingerprint density at radius 3 is 2.32 bits per heavy atom. The standard InChI is InChI=1S/C15H15NO3S2.C2H6.CH3.Y/c1-3-16-12-8-9-20-14(12)13(17)15(21(16,18)19)11-7-5-4-6-10(11)2;1-2;;/h4-9,17H,3H2,1-2H3;1-2H3;1H3;/q;;-1;. The van der Waals surface area contributed by atoms with Gasteiger partial charge in [-0.05, 0) is 30.9 Å². The first-order valence-corrected chi connectivity index (χ1v) is 9.90. The van der Waals surface area contributed by atoms with Crippen molar-refractivity contribution in [1.29, 1.82) is 0 Å². The fourth-order valence-corrected chi connectivity index (χ4v) is 5.37. The van der Waals surface area contributed by atoms with Crippen LogP contribution in [0.2, 0.25) is 0 Å². The Labute approximate surface area is 180 Å². The number of rotatable bonds is 2. The van der Waals surface area contributed by atoms with E-state index in [1.54, 1.807) is 30.5 Å². The third-order valence-corrected chi connectivity index (χ3v) is 6.44. The number of nitrogens with zero attached hydrogens (tertiary/aromatic N) is 1. The van der Waals surface area contributed by atoms with E-state index in [4.69, 9.17) is 0 Å². The molecule has 0 amide bonds. The number of thiophene rings is 1. The van der Waals surface area contributed by atoms with Gasteiger partial charge < -0.3 is 12.5 Å². The maximum absolute atomic E-state index is 12.9. The van der Waals surface area contributed by atoms with Crippen molar-refractivity contribution in [2.75, 3.05) is 10.8 Å². The Balaban J connectivity index is 0.00000139. The second-order valence-electron chi connectivity index (χ2n) is 4.80. The SMILES string of the molecule is CC.CCN1c2ccsc2C(O)=C(c2ccccc2C)S1(=O)=O.[CH3-].[Y]. The molecule has 0 fully saturated rings. The van der Waals surface area contributed by atoms with Gasteiger partial charge in [0.05, 0.1) is 10.6 Å². The number of sulfonamides is 1. The average Bonchev–Trinajstić information content (AvgIpc) is 3.00. The molecule has 7 heteroatoms. The summed E-state index contributed by atoms with van der Waals surface area (Å²) in [6.45, 7) is 7.96. The van der Waals surface area contributed by atoms with E-state index < -0.39 is 10.0 Å². The first-order chi connectivity index (χ1) is 11.0. The molecule has 1 N–H and O–H groups in total. The molecule has 4 nitrogen and oxygen atoms in total. The molecular weight excluding hydrogens is 431 g/mol. The van der Waals surface area contributed by atoms with E-state index in [2.05, 4.69) is 0 Å². The molecule has 0 aliphatic carbocycles. The second kappa shape index (κ2) is 9.86. The summed E-state index contributed by atoms with van der Waals surface area (Å²) in [7, 11) is -3.75. The molecule has 0 spiro atoms. The summed E-state index contributed by atoms with van der Waals surface area (Å²) in [5.41, 5.74) is 1.92. The fourth-order valence-electron chi connectivity index (χ4n) is 2.58. The Hall–Kier alpha value is -0.686. The van der Waals surface area contributed by atoms with Crippen LogP contribution in [0.1, 0.15) is 36.8 Å². The third-order valence-electron chi connectivity index (χ3n) is 3.57. The number of aliphatic hydroxyl groups is 1. The zero-order valence-electron chi connectivity index (χ0n) is 15.3. The van der Waals surface area contributed by atoms with Gasteiger partial charge in [0.2, 0.25) is 0 Å². The quantitative estimate of drug-likeness (QED) is 0.643. The van der Waals surface area contributed by atoms with Crippen molar-refractivity contribution in [2.45, 2.75) is 27.7 Å². The summed E-state index contributed by atoms with van der Waals surface area (Å²) in [4.78, 5) is 0.599. The number of anilines is 1. The summed E-state index contributed by atoms with van der Waals surface area (Å²) in [6, 6.07) is 8.92. The number of benzene rings is 1. The molecule has 1 aromatic carbocycles. The van der Waals surface area contributed by atoms with Crippen molar-refractivity contribution < 1.29 is 46.2 Å². The van der Waals surface area contributed by atoms with Gasteiger partial charge in [-0.3, -0.25) is 4.31 Å². The van der Waals surface area contributed by atoms with Gasteiger partial charge in [-0.2, -0.15) is 0 Å².